The fourth-order valence-electron chi connectivity index (χ4n) is 1.24. The number of rotatable bonds is 6. The molecule has 90 valence electrons. The van der Waals surface area contributed by atoms with Crippen LogP contribution >= 0.6 is 22.6 Å². The van der Waals surface area contributed by atoms with E-state index < -0.39 is 0 Å². The maximum Gasteiger partial charge on any atom is 0.118 e. The third-order valence-electron chi connectivity index (χ3n) is 2.72. The van der Waals surface area contributed by atoms with Gasteiger partial charge in [0, 0.05) is 4.43 Å². The Labute approximate surface area is 111 Å². The lowest BCUT2D eigenvalue weighted by Gasteiger charge is -2.18. The van der Waals surface area contributed by atoms with Crippen molar-refractivity contribution in [3.63, 3.8) is 0 Å². The van der Waals surface area contributed by atoms with Crippen LogP contribution in [0.1, 0.15) is 19.4 Å². The standard InChI is InChI=1S/C13H19IO2/c1-10(8-14)11(2)16-9-12-4-6-13(15-3)7-5-12/h4-7,10-11H,8-9H2,1-3H3/t10-,11?/m0/s1. The summed E-state index contributed by atoms with van der Waals surface area (Å²) in [5, 5.41) is 0. The van der Waals surface area contributed by atoms with Crippen molar-refractivity contribution in [2.75, 3.05) is 11.5 Å². The Bertz CT molecular complexity index is 297. The van der Waals surface area contributed by atoms with Crippen LogP contribution in [0, 0.1) is 5.92 Å². The topological polar surface area (TPSA) is 18.5 Å². The van der Waals surface area contributed by atoms with Gasteiger partial charge in [0.05, 0.1) is 19.8 Å². The van der Waals surface area contributed by atoms with Crippen molar-refractivity contribution >= 4 is 22.6 Å². The molecule has 3 heteroatoms. The molecule has 0 aliphatic rings. The number of ether oxygens (including phenoxy) is 2. The summed E-state index contributed by atoms with van der Waals surface area (Å²) in [5.41, 5.74) is 1.19. The molecule has 0 aromatic heterocycles. The van der Waals surface area contributed by atoms with Gasteiger partial charge in [0.25, 0.3) is 0 Å². The van der Waals surface area contributed by atoms with Crippen LogP contribution in [0.15, 0.2) is 24.3 Å². The zero-order valence-corrected chi connectivity index (χ0v) is 12.2. The summed E-state index contributed by atoms with van der Waals surface area (Å²) < 4.78 is 12.0. The first kappa shape index (κ1) is 13.8. The third kappa shape index (κ3) is 4.29. The Balaban J connectivity index is 2.42. The smallest absolute Gasteiger partial charge is 0.118 e. The first-order chi connectivity index (χ1) is 7.67. The molecule has 2 nitrogen and oxygen atoms in total. The summed E-state index contributed by atoms with van der Waals surface area (Å²) in [6.45, 7) is 5.02. The fraction of sp³-hybridized carbons (Fsp3) is 0.538. The van der Waals surface area contributed by atoms with Crippen LogP contribution in [0.25, 0.3) is 0 Å². The molecule has 0 N–H and O–H groups in total. The molecule has 0 radical (unpaired) electrons. The Morgan fingerprint density at radius 1 is 1.19 bits per heavy atom. The molecule has 0 heterocycles. The first-order valence-electron chi connectivity index (χ1n) is 5.48. The SMILES string of the molecule is COc1ccc(COC(C)[C@@H](C)CI)cc1. The summed E-state index contributed by atoms with van der Waals surface area (Å²) >= 11 is 2.40. The molecule has 0 saturated carbocycles. The quantitative estimate of drug-likeness (QED) is 0.584. The number of methoxy groups -OCH3 is 1. The molecule has 1 aromatic rings. The maximum atomic E-state index is 5.81. The minimum absolute atomic E-state index is 0.305. The fourth-order valence-corrected chi connectivity index (χ4v) is 1.96. The Kier molecular flexibility index (Phi) is 6.13. The van der Waals surface area contributed by atoms with Crippen LogP contribution in [0.3, 0.4) is 0 Å². The predicted octanol–water partition coefficient (Wildman–Crippen LogP) is 3.67. The zero-order valence-electron chi connectivity index (χ0n) is 10.1. The van der Waals surface area contributed by atoms with Crippen molar-refractivity contribution in [1.29, 1.82) is 0 Å². The number of hydrogen-bond donors (Lipinski definition) is 0. The molecule has 0 saturated heterocycles. The minimum Gasteiger partial charge on any atom is -0.497 e. The van der Waals surface area contributed by atoms with E-state index >= 15 is 0 Å². The van der Waals surface area contributed by atoms with Crippen molar-refractivity contribution in [3.8, 4) is 5.75 Å². The van der Waals surface area contributed by atoms with Gasteiger partial charge in [0.15, 0.2) is 0 Å². The lowest BCUT2D eigenvalue weighted by atomic mass is 10.1. The van der Waals surface area contributed by atoms with Gasteiger partial charge in [-0.3, -0.25) is 0 Å². The monoisotopic (exact) mass is 334 g/mol. The first-order valence-corrected chi connectivity index (χ1v) is 7.00. The van der Waals surface area contributed by atoms with Crippen LogP contribution < -0.4 is 4.74 Å². The zero-order chi connectivity index (χ0) is 12.0. The summed E-state index contributed by atoms with van der Waals surface area (Å²) in [6, 6.07) is 8.01. The average molecular weight is 334 g/mol. The molecule has 0 fully saturated rings. The summed E-state index contributed by atoms with van der Waals surface area (Å²) in [4.78, 5) is 0. The highest BCUT2D eigenvalue weighted by Crippen LogP contribution is 2.15. The molecule has 2 atom stereocenters. The van der Waals surface area contributed by atoms with E-state index in [0.29, 0.717) is 18.6 Å². The van der Waals surface area contributed by atoms with Gasteiger partial charge >= 0.3 is 0 Å². The minimum atomic E-state index is 0.305. The van der Waals surface area contributed by atoms with Gasteiger partial charge in [-0.1, -0.05) is 41.6 Å². The third-order valence-corrected chi connectivity index (χ3v) is 4.11. The van der Waals surface area contributed by atoms with Crippen molar-refractivity contribution < 1.29 is 9.47 Å². The van der Waals surface area contributed by atoms with Gasteiger partial charge in [0.1, 0.15) is 5.75 Å². The molecule has 0 amide bonds. The highest BCUT2D eigenvalue weighted by Gasteiger charge is 2.10. The molecule has 1 rings (SSSR count). The van der Waals surface area contributed by atoms with Crippen LogP contribution in [-0.2, 0) is 11.3 Å². The van der Waals surface area contributed by atoms with E-state index in [4.69, 9.17) is 9.47 Å². The van der Waals surface area contributed by atoms with Crippen molar-refractivity contribution in [1.82, 2.24) is 0 Å². The van der Waals surface area contributed by atoms with E-state index in [9.17, 15) is 0 Å². The van der Waals surface area contributed by atoms with Gasteiger partial charge in [0.2, 0.25) is 0 Å². The molecule has 1 unspecified atom stereocenters. The van der Waals surface area contributed by atoms with Gasteiger partial charge in [-0.15, -0.1) is 0 Å². The molecular weight excluding hydrogens is 315 g/mol. The average Bonchev–Trinajstić information content (AvgIpc) is 2.35. The van der Waals surface area contributed by atoms with Gasteiger partial charge in [-0.2, -0.15) is 0 Å². The van der Waals surface area contributed by atoms with E-state index in [1.165, 1.54) is 5.56 Å². The van der Waals surface area contributed by atoms with E-state index in [2.05, 4.69) is 36.4 Å². The number of hydrogen-bond acceptors (Lipinski definition) is 2. The van der Waals surface area contributed by atoms with Crippen LogP contribution in [-0.4, -0.2) is 17.6 Å². The molecular formula is C13H19IO2. The van der Waals surface area contributed by atoms with Gasteiger partial charge in [-0.05, 0) is 30.5 Å². The molecule has 0 spiro atoms. The van der Waals surface area contributed by atoms with E-state index in [-0.39, 0.29) is 0 Å². The van der Waals surface area contributed by atoms with Crippen molar-refractivity contribution in [3.05, 3.63) is 29.8 Å². The summed E-state index contributed by atoms with van der Waals surface area (Å²) in [5.74, 6) is 1.48. The van der Waals surface area contributed by atoms with E-state index in [0.717, 1.165) is 10.2 Å². The second-order valence-corrected chi connectivity index (χ2v) is 4.88. The summed E-state index contributed by atoms with van der Waals surface area (Å²) in [6.07, 6.45) is 0.305. The van der Waals surface area contributed by atoms with Crippen LogP contribution in [0.2, 0.25) is 0 Å². The second kappa shape index (κ2) is 7.12. The Morgan fingerprint density at radius 2 is 1.81 bits per heavy atom. The lowest BCUT2D eigenvalue weighted by molar-refractivity contribution is 0.0255. The molecule has 1 aromatic carbocycles. The Hall–Kier alpha value is -0.290. The van der Waals surface area contributed by atoms with Gasteiger partial charge < -0.3 is 9.47 Å². The van der Waals surface area contributed by atoms with E-state index in [1.807, 2.05) is 24.3 Å². The molecule has 0 bridgehead atoms. The molecule has 0 aliphatic carbocycles. The number of benzene rings is 1. The lowest BCUT2D eigenvalue weighted by Crippen LogP contribution is -2.18. The summed E-state index contributed by atoms with van der Waals surface area (Å²) in [7, 11) is 1.68. The predicted molar refractivity (Wildman–Crippen MR) is 75.3 cm³/mol. The number of alkyl halides is 1. The maximum absolute atomic E-state index is 5.81. The second-order valence-electron chi connectivity index (χ2n) is 4.00. The highest BCUT2D eigenvalue weighted by molar-refractivity contribution is 14.1. The van der Waals surface area contributed by atoms with Crippen LogP contribution in [0.4, 0.5) is 0 Å². The largest absolute Gasteiger partial charge is 0.497 e. The normalized spacial score (nSPS) is 14.5. The highest BCUT2D eigenvalue weighted by atomic mass is 127. The van der Waals surface area contributed by atoms with Crippen LogP contribution in [0.5, 0.6) is 5.75 Å². The molecule has 16 heavy (non-hydrogen) atoms. The van der Waals surface area contributed by atoms with E-state index in [1.54, 1.807) is 7.11 Å². The van der Waals surface area contributed by atoms with Gasteiger partial charge in [-0.25, -0.2) is 0 Å². The van der Waals surface area contributed by atoms with Crippen molar-refractivity contribution in [2.24, 2.45) is 5.92 Å². The Morgan fingerprint density at radius 3 is 2.31 bits per heavy atom. The van der Waals surface area contributed by atoms with Crippen molar-refractivity contribution in [2.45, 2.75) is 26.6 Å². The number of halogens is 1. The molecule has 0 aliphatic heterocycles.